The fraction of sp³-hybridized carbons (Fsp3) is 0. The molecule has 332 valence electrons. The molecule has 2 heterocycles. The van der Waals surface area contributed by atoms with Crippen LogP contribution in [0.5, 0.6) is 0 Å². The van der Waals surface area contributed by atoms with E-state index in [1.54, 1.807) is 0 Å². The third kappa shape index (κ3) is 6.89. The topological polar surface area (TPSA) is 21.3 Å². The van der Waals surface area contributed by atoms with Crippen molar-refractivity contribution in [3.63, 3.8) is 0 Å². The van der Waals surface area contributed by atoms with E-state index in [1.165, 1.54) is 48.9 Å². The zero-order valence-electron chi connectivity index (χ0n) is 38.7. The van der Waals surface area contributed by atoms with Gasteiger partial charge in [-0.1, -0.05) is 188 Å². The Kier molecular flexibility index (Phi) is 9.53. The van der Waals surface area contributed by atoms with Crippen molar-refractivity contribution in [2.75, 3.05) is 4.90 Å². The van der Waals surface area contributed by atoms with Gasteiger partial charge in [-0.3, -0.25) is 0 Å². The summed E-state index contributed by atoms with van der Waals surface area (Å²) in [6, 6.07) is 97.0. The first-order valence-electron chi connectivity index (χ1n) is 24.3. The summed E-state index contributed by atoms with van der Waals surface area (Å²) in [7, 11) is 0. The molecule has 0 spiro atoms. The largest absolute Gasteiger partial charge is 0.456 e. The molecule has 0 fully saturated rings. The van der Waals surface area contributed by atoms with Crippen molar-refractivity contribution in [1.29, 1.82) is 0 Å². The number of hydrogen-bond donors (Lipinski definition) is 0. The molecule has 0 saturated carbocycles. The Labute approximate surface area is 411 Å². The lowest BCUT2D eigenvalue weighted by Crippen LogP contribution is -2.11. The van der Waals surface area contributed by atoms with Crippen LogP contribution in [0.3, 0.4) is 0 Å². The van der Waals surface area contributed by atoms with Crippen molar-refractivity contribution in [3.8, 4) is 50.2 Å². The van der Waals surface area contributed by atoms with E-state index in [1.807, 2.05) is 12.1 Å². The van der Waals surface area contributed by atoms with Gasteiger partial charge in [0.1, 0.15) is 11.2 Å². The Morgan fingerprint density at radius 2 is 0.817 bits per heavy atom. The van der Waals surface area contributed by atoms with E-state index in [9.17, 15) is 0 Å². The molecule has 3 heteroatoms. The first-order chi connectivity index (χ1) is 35.2. The lowest BCUT2D eigenvalue weighted by molar-refractivity contribution is 0.669. The van der Waals surface area contributed by atoms with Gasteiger partial charge in [0.05, 0.1) is 16.7 Å². The molecular formula is C68H44N2O. The zero-order valence-corrected chi connectivity index (χ0v) is 38.7. The first-order valence-corrected chi connectivity index (χ1v) is 24.3. The minimum Gasteiger partial charge on any atom is -0.456 e. The van der Waals surface area contributed by atoms with Crippen molar-refractivity contribution >= 4 is 82.4 Å². The van der Waals surface area contributed by atoms with E-state index < -0.39 is 0 Å². The standard InChI is InChI=1S/C68H44N2O/c1-2-15-47(16-3-1)56-39-33-51(62-43-50-17-4-5-20-55(50)57-21-6-7-22-58(57)62)44-66(56)69(53-37-31-46(32-38-53)49-34-40-68-63(42-49)61-25-10-13-28-67(61)71-68)52-35-29-45(30-36-52)48-18-14-19-54(41-48)70-64-26-11-8-23-59(64)60-24-9-12-27-65(60)70/h1-44H. The van der Waals surface area contributed by atoms with E-state index in [0.717, 1.165) is 83.6 Å². The highest BCUT2D eigenvalue weighted by atomic mass is 16.3. The van der Waals surface area contributed by atoms with Crippen molar-refractivity contribution in [2.24, 2.45) is 0 Å². The number of hydrogen-bond acceptors (Lipinski definition) is 2. The molecule has 0 radical (unpaired) electrons. The van der Waals surface area contributed by atoms with E-state index in [2.05, 4.69) is 264 Å². The Morgan fingerprint density at radius 1 is 0.282 bits per heavy atom. The van der Waals surface area contributed by atoms with Crippen LogP contribution >= 0.6 is 0 Å². The number of rotatable bonds is 8. The second-order valence-corrected chi connectivity index (χ2v) is 18.4. The normalized spacial score (nSPS) is 11.7. The van der Waals surface area contributed by atoms with Gasteiger partial charge in [0.15, 0.2) is 0 Å². The summed E-state index contributed by atoms with van der Waals surface area (Å²) in [5.41, 5.74) is 17.8. The molecule has 0 bridgehead atoms. The Balaban J connectivity index is 0.932. The number of benzene rings is 12. The third-order valence-electron chi connectivity index (χ3n) is 14.4. The summed E-state index contributed by atoms with van der Waals surface area (Å²) in [5.74, 6) is 0. The van der Waals surface area contributed by atoms with Crippen molar-refractivity contribution in [1.82, 2.24) is 4.57 Å². The van der Waals surface area contributed by atoms with Gasteiger partial charge < -0.3 is 13.9 Å². The first kappa shape index (κ1) is 40.6. The summed E-state index contributed by atoms with van der Waals surface area (Å²) >= 11 is 0. The molecule has 0 saturated heterocycles. The smallest absolute Gasteiger partial charge is 0.135 e. The average molecular weight is 905 g/mol. The van der Waals surface area contributed by atoms with Gasteiger partial charge in [0.2, 0.25) is 0 Å². The van der Waals surface area contributed by atoms with E-state index >= 15 is 0 Å². The highest BCUT2D eigenvalue weighted by Gasteiger charge is 2.21. The second-order valence-electron chi connectivity index (χ2n) is 18.4. The van der Waals surface area contributed by atoms with Crippen LogP contribution < -0.4 is 4.90 Å². The van der Waals surface area contributed by atoms with Crippen molar-refractivity contribution in [2.45, 2.75) is 0 Å². The van der Waals surface area contributed by atoms with Gasteiger partial charge in [0, 0.05) is 44.2 Å². The van der Waals surface area contributed by atoms with Gasteiger partial charge in [-0.25, -0.2) is 0 Å². The quantitative estimate of drug-likeness (QED) is 0.142. The fourth-order valence-corrected chi connectivity index (χ4v) is 11.0. The van der Waals surface area contributed by atoms with Gasteiger partial charge in [0.25, 0.3) is 0 Å². The molecule has 0 unspecified atom stereocenters. The molecule has 0 atom stereocenters. The molecule has 0 aliphatic carbocycles. The summed E-state index contributed by atoms with van der Waals surface area (Å²) < 4.78 is 8.60. The fourth-order valence-electron chi connectivity index (χ4n) is 11.0. The van der Waals surface area contributed by atoms with Gasteiger partial charge >= 0.3 is 0 Å². The van der Waals surface area contributed by atoms with Gasteiger partial charge in [-0.2, -0.15) is 0 Å². The Bertz CT molecular complexity index is 4280. The molecule has 2 aromatic heterocycles. The molecule has 14 rings (SSSR count). The number of anilines is 3. The van der Waals surface area contributed by atoms with Crippen LogP contribution in [0.1, 0.15) is 0 Å². The predicted octanol–water partition coefficient (Wildman–Crippen LogP) is 19.1. The second kappa shape index (κ2) is 16.7. The van der Waals surface area contributed by atoms with Crippen LogP contribution in [-0.2, 0) is 0 Å². The molecule has 3 nitrogen and oxygen atoms in total. The average Bonchev–Trinajstić information content (AvgIpc) is 3.99. The summed E-state index contributed by atoms with van der Waals surface area (Å²) in [5, 5.41) is 9.73. The summed E-state index contributed by atoms with van der Waals surface area (Å²) in [4.78, 5) is 2.43. The van der Waals surface area contributed by atoms with Crippen molar-refractivity contribution < 1.29 is 4.42 Å². The minimum absolute atomic E-state index is 0.896. The maximum atomic E-state index is 6.21. The van der Waals surface area contributed by atoms with E-state index in [4.69, 9.17) is 4.42 Å². The van der Waals surface area contributed by atoms with Crippen LogP contribution in [0.4, 0.5) is 17.1 Å². The SMILES string of the molecule is c1ccc(-c2ccc(-c3cc4ccccc4c4ccccc34)cc2N(c2ccc(-c3cccc(-n4c5ccccc5c5ccccc54)c3)cc2)c2ccc(-c3ccc4oc5ccccc5c4c3)cc2)cc1. The monoisotopic (exact) mass is 904 g/mol. The number of nitrogens with zero attached hydrogens (tertiary/aromatic N) is 2. The van der Waals surface area contributed by atoms with E-state index in [0.29, 0.717) is 0 Å². The van der Waals surface area contributed by atoms with Crippen LogP contribution in [-0.4, -0.2) is 4.57 Å². The maximum Gasteiger partial charge on any atom is 0.135 e. The molecule has 12 aromatic carbocycles. The molecule has 0 aliphatic heterocycles. The molecule has 71 heavy (non-hydrogen) atoms. The highest BCUT2D eigenvalue weighted by molar-refractivity contribution is 6.14. The van der Waals surface area contributed by atoms with E-state index in [-0.39, 0.29) is 0 Å². The van der Waals surface area contributed by atoms with Gasteiger partial charge in [-0.15, -0.1) is 0 Å². The Morgan fingerprint density at radius 3 is 1.54 bits per heavy atom. The lowest BCUT2D eigenvalue weighted by atomic mass is 9.91. The number of para-hydroxylation sites is 3. The van der Waals surface area contributed by atoms with Crippen molar-refractivity contribution in [3.05, 3.63) is 267 Å². The van der Waals surface area contributed by atoms with Crippen LogP contribution in [0.15, 0.2) is 271 Å². The molecule has 0 amide bonds. The van der Waals surface area contributed by atoms with Gasteiger partial charge in [-0.05, 0) is 139 Å². The third-order valence-corrected chi connectivity index (χ3v) is 14.4. The molecule has 0 aliphatic rings. The number of aromatic nitrogens is 1. The van der Waals surface area contributed by atoms with Crippen LogP contribution in [0.25, 0.3) is 115 Å². The number of furan rings is 1. The molecule has 0 N–H and O–H groups in total. The predicted molar refractivity (Wildman–Crippen MR) is 299 cm³/mol. The summed E-state index contributed by atoms with van der Waals surface area (Å²) in [6.45, 7) is 0. The zero-order chi connectivity index (χ0) is 46.8. The molecular weight excluding hydrogens is 861 g/mol. The highest BCUT2D eigenvalue weighted by Crippen LogP contribution is 2.46. The maximum absolute atomic E-state index is 6.21. The minimum atomic E-state index is 0.896. The van der Waals surface area contributed by atoms with Crippen LogP contribution in [0, 0.1) is 0 Å². The lowest BCUT2D eigenvalue weighted by Gasteiger charge is -2.29. The number of fused-ring (bicyclic) bond motifs is 9. The summed E-state index contributed by atoms with van der Waals surface area (Å²) in [6.07, 6.45) is 0. The Hall–Kier alpha value is -9.44. The molecule has 14 aromatic rings. The van der Waals surface area contributed by atoms with Crippen LogP contribution in [0.2, 0.25) is 0 Å².